The van der Waals surface area contributed by atoms with E-state index in [4.69, 9.17) is 9.84 Å². The van der Waals surface area contributed by atoms with Crippen molar-refractivity contribution in [3.8, 4) is 5.75 Å². The molecular formula is C10H8O3S. The van der Waals surface area contributed by atoms with E-state index in [1.165, 1.54) is 0 Å². The third kappa shape index (κ3) is 1.70. The zero-order chi connectivity index (χ0) is 9.97. The predicted molar refractivity (Wildman–Crippen MR) is 55.0 cm³/mol. The molecule has 2 rings (SSSR count). The third-order valence-electron chi connectivity index (χ3n) is 1.81. The van der Waals surface area contributed by atoms with E-state index < -0.39 is 5.97 Å². The maximum absolute atomic E-state index is 10.3. The van der Waals surface area contributed by atoms with Crippen molar-refractivity contribution >= 4 is 27.4 Å². The number of ether oxygens (including phenoxy) is 1. The Labute approximate surface area is 84.6 Å². The SMILES string of the molecule is O=C(O)COc1cccc2sccc12. The van der Waals surface area contributed by atoms with Crippen molar-refractivity contribution in [2.24, 2.45) is 0 Å². The van der Waals surface area contributed by atoms with Crippen LogP contribution in [0.15, 0.2) is 29.6 Å². The van der Waals surface area contributed by atoms with Gasteiger partial charge >= 0.3 is 5.97 Å². The molecule has 0 saturated heterocycles. The van der Waals surface area contributed by atoms with Gasteiger partial charge in [-0.1, -0.05) is 6.07 Å². The van der Waals surface area contributed by atoms with Crippen molar-refractivity contribution in [3.63, 3.8) is 0 Å². The first-order chi connectivity index (χ1) is 6.77. The molecule has 3 nitrogen and oxygen atoms in total. The lowest BCUT2D eigenvalue weighted by Crippen LogP contribution is -2.09. The zero-order valence-electron chi connectivity index (χ0n) is 7.27. The molecule has 0 atom stereocenters. The van der Waals surface area contributed by atoms with E-state index in [0.717, 1.165) is 10.1 Å². The second-order valence-corrected chi connectivity index (χ2v) is 3.72. The average molecular weight is 208 g/mol. The summed E-state index contributed by atoms with van der Waals surface area (Å²) in [5.41, 5.74) is 0. The molecule has 1 aromatic heterocycles. The predicted octanol–water partition coefficient (Wildman–Crippen LogP) is 2.36. The number of fused-ring (bicyclic) bond motifs is 1. The van der Waals surface area contributed by atoms with Gasteiger partial charge in [-0.2, -0.15) is 0 Å². The smallest absolute Gasteiger partial charge is 0.341 e. The van der Waals surface area contributed by atoms with Crippen LogP contribution in [0.2, 0.25) is 0 Å². The summed E-state index contributed by atoms with van der Waals surface area (Å²) in [5, 5.41) is 11.4. The van der Waals surface area contributed by atoms with Crippen molar-refractivity contribution in [1.82, 2.24) is 0 Å². The van der Waals surface area contributed by atoms with Crippen LogP contribution in [0.5, 0.6) is 5.75 Å². The molecular weight excluding hydrogens is 200 g/mol. The summed E-state index contributed by atoms with van der Waals surface area (Å²) in [6.45, 7) is -0.297. The highest BCUT2D eigenvalue weighted by molar-refractivity contribution is 7.17. The number of thiophene rings is 1. The van der Waals surface area contributed by atoms with Gasteiger partial charge in [-0.15, -0.1) is 11.3 Å². The molecule has 1 N–H and O–H groups in total. The summed E-state index contributed by atoms with van der Waals surface area (Å²) in [6, 6.07) is 7.54. The number of carbonyl (C=O) groups is 1. The Balaban J connectivity index is 2.32. The minimum Gasteiger partial charge on any atom is -0.481 e. The Bertz CT molecular complexity index is 461. The highest BCUT2D eigenvalue weighted by Gasteiger charge is 2.04. The van der Waals surface area contributed by atoms with Crippen LogP contribution >= 0.6 is 11.3 Å². The van der Waals surface area contributed by atoms with Crippen molar-refractivity contribution in [2.45, 2.75) is 0 Å². The standard InChI is InChI=1S/C10H8O3S/c11-10(12)6-13-8-2-1-3-9-7(8)4-5-14-9/h1-5H,6H2,(H,11,12). The number of benzene rings is 1. The van der Waals surface area contributed by atoms with E-state index in [-0.39, 0.29) is 6.61 Å². The minimum atomic E-state index is -0.961. The van der Waals surface area contributed by atoms with Crippen LogP contribution < -0.4 is 4.74 Å². The number of carboxylic acid groups (broad SMARTS) is 1. The van der Waals surface area contributed by atoms with Crippen molar-refractivity contribution in [2.75, 3.05) is 6.61 Å². The Kier molecular flexibility index (Phi) is 2.37. The molecule has 0 spiro atoms. The number of hydrogen-bond donors (Lipinski definition) is 1. The fourth-order valence-corrected chi connectivity index (χ4v) is 2.04. The number of carboxylic acids is 1. The summed E-state index contributed by atoms with van der Waals surface area (Å²) in [5.74, 6) is -0.330. The summed E-state index contributed by atoms with van der Waals surface area (Å²) < 4.78 is 6.25. The molecule has 2 aromatic rings. The van der Waals surface area contributed by atoms with E-state index >= 15 is 0 Å². The largest absolute Gasteiger partial charge is 0.481 e. The van der Waals surface area contributed by atoms with Gasteiger partial charge in [-0.25, -0.2) is 4.79 Å². The Morgan fingerprint density at radius 3 is 3.07 bits per heavy atom. The lowest BCUT2D eigenvalue weighted by molar-refractivity contribution is -0.139. The molecule has 14 heavy (non-hydrogen) atoms. The van der Waals surface area contributed by atoms with E-state index in [0.29, 0.717) is 5.75 Å². The first kappa shape index (κ1) is 9.02. The van der Waals surface area contributed by atoms with Gasteiger partial charge in [-0.05, 0) is 23.6 Å². The summed E-state index contributed by atoms with van der Waals surface area (Å²) >= 11 is 1.61. The van der Waals surface area contributed by atoms with Crippen molar-refractivity contribution < 1.29 is 14.6 Å². The molecule has 1 aromatic carbocycles. The van der Waals surface area contributed by atoms with Crippen LogP contribution in [0.3, 0.4) is 0 Å². The molecule has 0 radical (unpaired) electrons. The van der Waals surface area contributed by atoms with Gasteiger partial charge in [0.2, 0.25) is 0 Å². The van der Waals surface area contributed by atoms with Crippen LogP contribution in [0, 0.1) is 0 Å². The van der Waals surface area contributed by atoms with Crippen LogP contribution in [0.25, 0.3) is 10.1 Å². The van der Waals surface area contributed by atoms with Crippen LogP contribution in [0.1, 0.15) is 0 Å². The van der Waals surface area contributed by atoms with E-state index in [2.05, 4.69) is 0 Å². The average Bonchev–Trinajstić information content (AvgIpc) is 2.62. The molecule has 0 amide bonds. The first-order valence-electron chi connectivity index (χ1n) is 4.08. The fourth-order valence-electron chi connectivity index (χ4n) is 1.23. The topological polar surface area (TPSA) is 46.5 Å². The van der Waals surface area contributed by atoms with Gasteiger partial charge in [0.1, 0.15) is 5.75 Å². The quantitative estimate of drug-likeness (QED) is 0.842. The number of aliphatic carboxylic acids is 1. The minimum absolute atomic E-state index is 0.297. The highest BCUT2D eigenvalue weighted by Crippen LogP contribution is 2.29. The van der Waals surface area contributed by atoms with Gasteiger partial charge in [-0.3, -0.25) is 0 Å². The summed E-state index contributed by atoms with van der Waals surface area (Å²) in [6.07, 6.45) is 0. The van der Waals surface area contributed by atoms with E-state index in [1.807, 2.05) is 23.6 Å². The number of hydrogen-bond acceptors (Lipinski definition) is 3. The van der Waals surface area contributed by atoms with Crippen LogP contribution in [0.4, 0.5) is 0 Å². The summed E-state index contributed by atoms with van der Waals surface area (Å²) in [4.78, 5) is 10.3. The van der Waals surface area contributed by atoms with Gasteiger partial charge < -0.3 is 9.84 Å². The Hall–Kier alpha value is -1.55. The van der Waals surface area contributed by atoms with Gasteiger partial charge in [0.15, 0.2) is 6.61 Å². The van der Waals surface area contributed by atoms with Gasteiger partial charge in [0.25, 0.3) is 0 Å². The van der Waals surface area contributed by atoms with Crippen LogP contribution in [-0.4, -0.2) is 17.7 Å². The number of rotatable bonds is 3. The maximum Gasteiger partial charge on any atom is 0.341 e. The summed E-state index contributed by atoms with van der Waals surface area (Å²) in [7, 11) is 0. The van der Waals surface area contributed by atoms with E-state index in [1.54, 1.807) is 17.4 Å². The first-order valence-corrected chi connectivity index (χ1v) is 4.96. The monoisotopic (exact) mass is 208 g/mol. The fraction of sp³-hybridized carbons (Fsp3) is 0.100. The third-order valence-corrected chi connectivity index (χ3v) is 2.69. The lowest BCUT2D eigenvalue weighted by Gasteiger charge is -2.03. The Morgan fingerprint density at radius 2 is 2.29 bits per heavy atom. The highest BCUT2D eigenvalue weighted by atomic mass is 32.1. The van der Waals surface area contributed by atoms with Gasteiger partial charge in [0, 0.05) is 10.1 Å². The second-order valence-electron chi connectivity index (χ2n) is 2.77. The van der Waals surface area contributed by atoms with Crippen molar-refractivity contribution in [3.05, 3.63) is 29.6 Å². The lowest BCUT2D eigenvalue weighted by atomic mass is 10.2. The van der Waals surface area contributed by atoms with E-state index in [9.17, 15) is 4.79 Å². The molecule has 0 saturated carbocycles. The molecule has 0 unspecified atom stereocenters. The molecule has 4 heteroatoms. The zero-order valence-corrected chi connectivity index (χ0v) is 8.08. The maximum atomic E-state index is 10.3. The molecule has 0 aliphatic carbocycles. The molecule has 0 fully saturated rings. The molecule has 0 aliphatic heterocycles. The van der Waals surface area contributed by atoms with Crippen molar-refractivity contribution in [1.29, 1.82) is 0 Å². The van der Waals surface area contributed by atoms with Crippen LogP contribution in [-0.2, 0) is 4.79 Å². The molecule has 0 aliphatic rings. The normalized spacial score (nSPS) is 10.3. The molecule has 1 heterocycles. The molecule has 0 bridgehead atoms. The second kappa shape index (κ2) is 3.67. The molecule has 72 valence electrons. The van der Waals surface area contributed by atoms with Gasteiger partial charge in [0.05, 0.1) is 0 Å². The Morgan fingerprint density at radius 1 is 1.43 bits per heavy atom.